The number of hydrogen-bond donors (Lipinski definition) is 0. The average molecular weight is 329 g/mol. The molecule has 0 unspecified atom stereocenters. The number of ether oxygens (including phenoxy) is 1. The largest absolute Gasteiger partial charge is 0.482 e. The van der Waals surface area contributed by atoms with Gasteiger partial charge in [-0.3, -0.25) is 0 Å². The van der Waals surface area contributed by atoms with Crippen molar-refractivity contribution in [2.75, 3.05) is 20.6 Å². The normalized spacial score (nSPS) is 14.1. The van der Waals surface area contributed by atoms with Crippen molar-refractivity contribution in [3.8, 4) is 5.75 Å². The van der Waals surface area contributed by atoms with Crippen LogP contribution in [-0.2, 0) is 0 Å². The zero-order chi connectivity index (χ0) is 16.2. The summed E-state index contributed by atoms with van der Waals surface area (Å²) < 4.78 is 22.1. The number of nitrogens with zero attached hydrogens (tertiary/aromatic N) is 1. The third-order valence-corrected chi connectivity index (χ3v) is 4.59. The van der Waals surface area contributed by atoms with E-state index in [2.05, 4.69) is 6.07 Å². The zero-order valence-corrected chi connectivity index (χ0v) is 14.1. The van der Waals surface area contributed by atoms with E-state index in [1.54, 1.807) is 11.3 Å². The highest BCUT2D eigenvalue weighted by Gasteiger charge is 2.26. The molecule has 0 fully saturated rings. The molecule has 3 rings (SSSR count). The van der Waals surface area contributed by atoms with Gasteiger partial charge in [-0.15, -0.1) is 11.3 Å². The second kappa shape index (κ2) is 7.11. The van der Waals surface area contributed by atoms with Gasteiger partial charge in [0.1, 0.15) is 5.75 Å². The Labute approximate surface area is 140 Å². The fraction of sp³-hybridized carbons (Fsp3) is 0.263. The molecular weight excluding hydrogens is 309 g/mol. The van der Waals surface area contributed by atoms with Crippen LogP contribution < -0.4 is 4.74 Å². The van der Waals surface area contributed by atoms with Crippen molar-refractivity contribution in [2.24, 2.45) is 0 Å². The topological polar surface area (TPSA) is 12.5 Å². The van der Waals surface area contributed by atoms with Crippen molar-refractivity contribution in [1.29, 1.82) is 0 Å². The van der Waals surface area contributed by atoms with Gasteiger partial charge in [-0.2, -0.15) is 0 Å². The molecule has 0 aliphatic heterocycles. The molecule has 0 N–H and O–H groups in total. The highest BCUT2D eigenvalue weighted by Crippen LogP contribution is 2.34. The van der Waals surface area contributed by atoms with E-state index in [4.69, 9.17) is 4.74 Å². The standard InChI is InChI=1S/C19H20FNOS/c1-21(2)13-16(20)19(14-7-4-3-5-8-14)22-17-9-6-10-18-15(17)11-12-23-18/h3-12,16,19H,13H2,1-2H3/t16-,19-/m0/s1. The number of thiophene rings is 1. The summed E-state index contributed by atoms with van der Waals surface area (Å²) in [6.07, 6.45) is -1.73. The summed E-state index contributed by atoms with van der Waals surface area (Å²) >= 11 is 1.66. The third-order valence-electron chi connectivity index (χ3n) is 3.71. The van der Waals surface area contributed by atoms with Crippen LogP contribution in [0.15, 0.2) is 60.0 Å². The molecule has 1 heterocycles. The van der Waals surface area contributed by atoms with Gasteiger partial charge in [-0.1, -0.05) is 36.4 Å². The quantitative estimate of drug-likeness (QED) is 0.636. The lowest BCUT2D eigenvalue weighted by atomic mass is 10.0. The molecule has 0 aliphatic carbocycles. The predicted molar refractivity (Wildman–Crippen MR) is 95.1 cm³/mol. The van der Waals surface area contributed by atoms with Gasteiger partial charge in [-0.05, 0) is 43.2 Å². The lowest BCUT2D eigenvalue weighted by molar-refractivity contribution is 0.0819. The number of benzene rings is 2. The molecule has 120 valence electrons. The van der Waals surface area contributed by atoms with Gasteiger partial charge < -0.3 is 9.64 Å². The minimum absolute atomic E-state index is 0.319. The fourth-order valence-electron chi connectivity index (χ4n) is 2.64. The molecule has 3 aromatic rings. The van der Waals surface area contributed by atoms with Crippen LogP contribution in [0.2, 0.25) is 0 Å². The van der Waals surface area contributed by atoms with Crippen LogP contribution in [0.1, 0.15) is 11.7 Å². The first kappa shape index (κ1) is 16.0. The van der Waals surface area contributed by atoms with Gasteiger partial charge in [-0.25, -0.2) is 4.39 Å². The molecular formula is C19H20FNOS. The maximum Gasteiger partial charge on any atom is 0.156 e. The lowest BCUT2D eigenvalue weighted by Gasteiger charge is -2.25. The molecule has 4 heteroatoms. The highest BCUT2D eigenvalue weighted by atomic mass is 32.1. The fourth-order valence-corrected chi connectivity index (χ4v) is 3.45. The molecule has 0 amide bonds. The number of halogens is 1. The van der Waals surface area contributed by atoms with E-state index >= 15 is 0 Å². The van der Waals surface area contributed by atoms with Gasteiger partial charge in [0.15, 0.2) is 12.3 Å². The minimum Gasteiger partial charge on any atom is -0.482 e. The van der Waals surface area contributed by atoms with Crippen LogP contribution in [0.25, 0.3) is 10.1 Å². The summed E-state index contributed by atoms with van der Waals surface area (Å²) in [7, 11) is 3.74. The summed E-state index contributed by atoms with van der Waals surface area (Å²) in [5.41, 5.74) is 0.856. The highest BCUT2D eigenvalue weighted by molar-refractivity contribution is 7.17. The molecule has 0 saturated heterocycles. The number of fused-ring (bicyclic) bond motifs is 1. The zero-order valence-electron chi connectivity index (χ0n) is 13.3. The Kier molecular flexibility index (Phi) is 4.94. The molecule has 2 atom stereocenters. The van der Waals surface area contributed by atoms with Crippen LogP contribution in [0.5, 0.6) is 5.75 Å². The van der Waals surface area contributed by atoms with Gasteiger partial charge in [0.2, 0.25) is 0 Å². The van der Waals surface area contributed by atoms with E-state index < -0.39 is 12.3 Å². The van der Waals surface area contributed by atoms with E-state index in [9.17, 15) is 4.39 Å². The van der Waals surface area contributed by atoms with Gasteiger partial charge in [0.05, 0.1) is 0 Å². The molecule has 0 aliphatic rings. The maximum atomic E-state index is 14.9. The molecule has 0 spiro atoms. The van der Waals surface area contributed by atoms with Gasteiger partial charge in [0, 0.05) is 16.6 Å². The molecule has 0 saturated carbocycles. The molecule has 0 radical (unpaired) electrons. The molecule has 23 heavy (non-hydrogen) atoms. The Morgan fingerprint density at radius 3 is 2.57 bits per heavy atom. The Balaban J connectivity index is 1.94. The smallest absolute Gasteiger partial charge is 0.156 e. The van der Waals surface area contributed by atoms with Crippen molar-refractivity contribution in [1.82, 2.24) is 4.90 Å². The van der Waals surface area contributed by atoms with Crippen LogP contribution in [0.3, 0.4) is 0 Å². The molecule has 2 aromatic carbocycles. The van der Waals surface area contributed by atoms with E-state index in [-0.39, 0.29) is 0 Å². The Morgan fingerprint density at radius 2 is 1.83 bits per heavy atom. The van der Waals surface area contributed by atoms with Crippen molar-refractivity contribution >= 4 is 21.4 Å². The number of rotatable bonds is 6. The van der Waals surface area contributed by atoms with E-state index in [1.807, 2.05) is 72.9 Å². The summed E-state index contributed by atoms with van der Waals surface area (Å²) in [6.45, 7) is 0.319. The van der Waals surface area contributed by atoms with Crippen molar-refractivity contribution < 1.29 is 9.13 Å². The average Bonchev–Trinajstić information content (AvgIpc) is 3.02. The maximum absolute atomic E-state index is 14.9. The Bertz CT molecular complexity index is 756. The first-order valence-electron chi connectivity index (χ1n) is 7.62. The number of hydrogen-bond acceptors (Lipinski definition) is 3. The van der Waals surface area contributed by atoms with Gasteiger partial charge >= 0.3 is 0 Å². The molecule has 1 aromatic heterocycles. The summed E-state index contributed by atoms with van der Waals surface area (Å²) in [5, 5.41) is 3.07. The second-order valence-corrected chi connectivity index (χ2v) is 6.76. The Morgan fingerprint density at radius 1 is 1.04 bits per heavy atom. The summed E-state index contributed by atoms with van der Waals surface area (Å²) in [4.78, 5) is 1.84. The predicted octanol–water partition coefficient (Wildman–Crippen LogP) is 4.92. The van der Waals surface area contributed by atoms with Crippen molar-refractivity contribution in [3.63, 3.8) is 0 Å². The van der Waals surface area contributed by atoms with Gasteiger partial charge in [0.25, 0.3) is 0 Å². The second-order valence-electron chi connectivity index (χ2n) is 5.82. The minimum atomic E-state index is -1.11. The van der Waals surface area contributed by atoms with Crippen molar-refractivity contribution in [3.05, 3.63) is 65.5 Å². The van der Waals surface area contributed by atoms with E-state index in [1.165, 1.54) is 0 Å². The van der Waals surface area contributed by atoms with Crippen LogP contribution in [0.4, 0.5) is 4.39 Å². The lowest BCUT2D eigenvalue weighted by Crippen LogP contribution is -2.30. The SMILES string of the molecule is CN(C)C[C@H](F)[C@@H](Oc1cccc2sccc12)c1ccccc1. The monoisotopic (exact) mass is 329 g/mol. The van der Waals surface area contributed by atoms with Crippen LogP contribution in [0, 0.1) is 0 Å². The molecule has 0 bridgehead atoms. The third kappa shape index (κ3) is 3.71. The first-order chi connectivity index (χ1) is 11.1. The van der Waals surface area contributed by atoms with E-state index in [0.29, 0.717) is 6.54 Å². The summed E-state index contributed by atoms with van der Waals surface area (Å²) in [5.74, 6) is 0.735. The summed E-state index contributed by atoms with van der Waals surface area (Å²) in [6, 6.07) is 17.5. The van der Waals surface area contributed by atoms with Crippen molar-refractivity contribution in [2.45, 2.75) is 12.3 Å². The Hall–Kier alpha value is -1.91. The van der Waals surface area contributed by atoms with Crippen LogP contribution >= 0.6 is 11.3 Å². The number of alkyl halides is 1. The van der Waals surface area contributed by atoms with E-state index in [0.717, 1.165) is 21.4 Å². The van der Waals surface area contributed by atoms with Crippen LogP contribution in [-0.4, -0.2) is 31.7 Å². The first-order valence-corrected chi connectivity index (χ1v) is 8.50. The molecule has 2 nitrogen and oxygen atoms in total.